The van der Waals surface area contributed by atoms with Gasteiger partial charge in [-0.05, 0) is 51.8 Å². The second kappa shape index (κ2) is 9.14. The Hall–Kier alpha value is -3.16. The number of aromatic nitrogens is 4. The SMILES string of the molecule is CCOc1ccc2nc(N3CCC[C@H](C(=O)N(C)Cc4cn(C)nc4C)C3)nc(C)c2c1. The van der Waals surface area contributed by atoms with Crippen molar-refractivity contribution in [2.24, 2.45) is 13.0 Å². The van der Waals surface area contributed by atoms with E-state index in [1.54, 1.807) is 4.68 Å². The zero-order valence-electron chi connectivity index (χ0n) is 19.6. The van der Waals surface area contributed by atoms with Gasteiger partial charge in [0.15, 0.2) is 0 Å². The summed E-state index contributed by atoms with van der Waals surface area (Å²) in [4.78, 5) is 26.7. The van der Waals surface area contributed by atoms with Gasteiger partial charge in [-0.2, -0.15) is 5.10 Å². The van der Waals surface area contributed by atoms with Gasteiger partial charge in [0, 0.05) is 50.9 Å². The minimum atomic E-state index is -0.0642. The van der Waals surface area contributed by atoms with Crippen molar-refractivity contribution in [3.63, 3.8) is 0 Å². The van der Waals surface area contributed by atoms with Crippen molar-refractivity contribution >= 4 is 22.8 Å². The number of piperidine rings is 1. The van der Waals surface area contributed by atoms with Crippen molar-refractivity contribution in [2.45, 2.75) is 40.2 Å². The van der Waals surface area contributed by atoms with Crippen molar-refractivity contribution in [1.29, 1.82) is 0 Å². The molecule has 0 unspecified atom stereocenters. The molecule has 1 aliphatic heterocycles. The number of rotatable bonds is 6. The summed E-state index contributed by atoms with van der Waals surface area (Å²) in [5.74, 6) is 1.62. The Morgan fingerprint density at radius 1 is 1.25 bits per heavy atom. The lowest BCUT2D eigenvalue weighted by Crippen LogP contribution is -2.44. The van der Waals surface area contributed by atoms with Gasteiger partial charge >= 0.3 is 0 Å². The third-order valence-corrected chi connectivity index (χ3v) is 6.11. The number of hydrogen-bond acceptors (Lipinski definition) is 6. The molecule has 4 rings (SSSR count). The summed E-state index contributed by atoms with van der Waals surface area (Å²) in [5.41, 5.74) is 3.86. The standard InChI is InChI=1S/C24H32N6O2/c1-6-32-20-9-10-22-21(12-20)17(3)25-24(26-22)30-11-7-8-18(15-30)23(31)28(4)13-19-14-29(5)27-16(19)2/h9-10,12,14,18H,6-8,11,13,15H2,1-5H3/t18-/m0/s1. The number of carbonyl (C=O) groups excluding carboxylic acids is 1. The fraction of sp³-hybridized carbons (Fsp3) is 0.500. The average molecular weight is 437 g/mol. The van der Waals surface area contributed by atoms with Crippen LogP contribution in [0.1, 0.15) is 36.7 Å². The Kier molecular flexibility index (Phi) is 6.30. The molecule has 1 saturated heterocycles. The van der Waals surface area contributed by atoms with Gasteiger partial charge in [-0.1, -0.05) is 0 Å². The maximum absolute atomic E-state index is 13.2. The molecule has 32 heavy (non-hydrogen) atoms. The summed E-state index contributed by atoms with van der Waals surface area (Å²) >= 11 is 0. The van der Waals surface area contributed by atoms with Crippen LogP contribution < -0.4 is 9.64 Å². The lowest BCUT2D eigenvalue weighted by Gasteiger charge is -2.34. The fourth-order valence-corrected chi connectivity index (χ4v) is 4.45. The summed E-state index contributed by atoms with van der Waals surface area (Å²) in [7, 11) is 3.78. The summed E-state index contributed by atoms with van der Waals surface area (Å²) in [6.07, 6.45) is 3.81. The molecular weight excluding hydrogens is 404 g/mol. The highest BCUT2D eigenvalue weighted by Gasteiger charge is 2.29. The van der Waals surface area contributed by atoms with Crippen LogP contribution in [0.5, 0.6) is 5.75 Å². The largest absolute Gasteiger partial charge is 0.494 e. The number of benzene rings is 1. The average Bonchev–Trinajstić information content (AvgIpc) is 3.10. The molecule has 0 aliphatic carbocycles. The third kappa shape index (κ3) is 4.54. The number of aryl methyl sites for hydroxylation is 3. The maximum Gasteiger partial charge on any atom is 0.227 e. The lowest BCUT2D eigenvalue weighted by atomic mass is 9.96. The minimum absolute atomic E-state index is 0.0642. The van der Waals surface area contributed by atoms with Gasteiger partial charge in [-0.3, -0.25) is 9.48 Å². The van der Waals surface area contributed by atoms with Crippen LogP contribution >= 0.6 is 0 Å². The van der Waals surface area contributed by atoms with Gasteiger partial charge in [0.2, 0.25) is 11.9 Å². The first-order valence-electron chi connectivity index (χ1n) is 11.3. The maximum atomic E-state index is 13.2. The second-order valence-corrected chi connectivity index (χ2v) is 8.61. The van der Waals surface area contributed by atoms with E-state index in [2.05, 4.69) is 10.00 Å². The zero-order chi connectivity index (χ0) is 22.8. The van der Waals surface area contributed by atoms with E-state index >= 15 is 0 Å². The molecule has 8 nitrogen and oxygen atoms in total. The van der Waals surface area contributed by atoms with E-state index in [-0.39, 0.29) is 11.8 Å². The predicted molar refractivity (Wildman–Crippen MR) is 125 cm³/mol. The van der Waals surface area contributed by atoms with Gasteiger partial charge < -0.3 is 14.5 Å². The summed E-state index contributed by atoms with van der Waals surface area (Å²) in [6.45, 7) is 8.64. The van der Waals surface area contributed by atoms with Crippen LogP contribution in [-0.4, -0.2) is 57.3 Å². The van der Waals surface area contributed by atoms with Crippen molar-refractivity contribution < 1.29 is 9.53 Å². The molecular formula is C24H32N6O2. The lowest BCUT2D eigenvalue weighted by molar-refractivity contribution is -0.135. The highest BCUT2D eigenvalue weighted by molar-refractivity contribution is 5.83. The number of ether oxygens (including phenoxy) is 1. The van der Waals surface area contributed by atoms with E-state index in [0.717, 1.165) is 53.0 Å². The molecule has 1 aliphatic rings. The molecule has 3 aromatic rings. The highest BCUT2D eigenvalue weighted by atomic mass is 16.5. The third-order valence-electron chi connectivity index (χ3n) is 6.11. The first-order chi connectivity index (χ1) is 15.4. The molecule has 0 radical (unpaired) electrons. The Morgan fingerprint density at radius 3 is 2.78 bits per heavy atom. The monoisotopic (exact) mass is 436 g/mol. The van der Waals surface area contributed by atoms with Crippen LogP contribution in [0, 0.1) is 19.8 Å². The topological polar surface area (TPSA) is 76.4 Å². The van der Waals surface area contributed by atoms with Gasteiger partial charge in [0.05, 0.1) is 29.4 Å². The molecule has 2 aromatic heterocycles. The minimum Gasteiger partial charge on any atom is -0.494 e. The molecule has 0 bridgehead atoms. The van der Waals surface area contributed by atoms with Crippen molar-refractivity contribution in [2.75, 3.05) is 31.6 Å². The molecule has 3 heterocycles. The van der Waals surface area contributed by atoms with E-state index < -0.39 is 0 Å². The first-order valence-corrected chi connectivity index (χ1v) is 11.3. The van der Waals surface area contributed by atoms with Crippen LogP contribution in [0.25, 0.3) is 10.9 Å². The van der Waals surface area contributed by atoms with Crippen LogP contribution in [-0.2, 0) is 18.4 Å². The fourth-order valence-electron chi connectivity index (χ4n) is 4.45. The van der Waals surface area contributed by atoms with Gasteiger partial charge in [-0.25, -0.2) is 9.97 Å². The number of hydrogen-bond donors (Lipinski definition) is 0. The summed E-state index contributed by atoms with van der Waals surface area (Å²) in [6, 6.07) is 5.92. The Bertz CT molecular complexity index is 1130. The summed E-state index contributed by atoms with van der Waals surface area (Å²) < 4.78 is 7.41. The predicted octanol–water partition coefficient (Wildman–Crippen LogP) is 3.25. The highest BCUT2D eigenvalue weighted by Crippen LogP contribution is 2.27. The van der Waals surface area contributed by atoms with E-state index in [4.69, 9.17) is 14.7 Å². The Morgan fingerprint density at radius 2 is 2.06 bits per heavy atom. The number of anilines is 1. The molecule has 0 spiro atoms. The zero-order valence-corrected chi connectivity index (χ0v) is 19.6. The molecule has 170 valence electrons. The van der Waals surface area contributed by atoms with Crippen molar-refractivity contribution in [3.8, 4) is 5.75 Å². The van der Waals surface area contributed by atoms with E-state index in [9.17, 15) is 4.79 Å². The molecule has 0 N–H and O–H groups in total. The van der Waals surface area contributed by atoms with Crippen LogP contribution in [0.4, 0.5) is 5.95 Å². The molecule has 1 atom stereocenters. The van der Waals surface area contributed by atoms with Crippen LogP contribution in [0.3, 0.4) is 0 Å². The number of fused-ring (bicyclic) bond motifs is 1. The summed E-state index contributed by atoms with van der Waals surface area (Å²) in [5, 5.41) is 5.38. The van der Waals surface area contributed by atoms with Gasteiger partial charge in [-0.15, -0.1) is 0 Å². The number of amides is 1. The Labute approximate surface area is 189 Å². The normalized spacial score (nSPS) is 16.4. The Balaban J connectivity index is 1.49. The van der Waals surface area contributed by atoms with E-state index in [1.165, 1.54) is 0 Å². The second-order valence-electron chi connectivity index (χ2n) is 8.61. The molecule has 8 heteroatoms. The number of carbonyl (C=O) groups is 1. The van der Waals surface area contributed by atoms with Crippen LogP contribution in [0.15, 0.2) is 24.4 Å². The quantitative estimate of drug-likeness (QED) is 0.590. The van der Waals surface area contributed by atoms with Crippen molar-refractivity contribution in [3.05, 3.63) is 41.3 Å². The molecule has 1 amide bonds. The van der Waals surface area contributed by atoms with E-state index in [1.807, 2.05) is 64.2 Å². The molecule has 1 aromatic carbocycles. The molecule has 0 saturated carbocycles. The van der Waals surface area contributed by atoms with Crippen molar-refractivity contribution in [1.82, 2.24) is 24.6 Å². The van der Waals surface area contributed by atoms with Crippen LogP contribution in [0.2, 0.25) is 0 Å². The smallest absolute Gasteiger partial charge is 0.227 e. The molecule has 1 fully saturated rings. The first kappa shape index (κ1) is 22.0. The van der Waals surface area contributed by atoms with E-state index in [0.29, 0.717) is 25.6 Å². The van der Waals surface area contributed by atoms with Gasteiger partial charge in [0.1, 0.15) is 5.75 Å². The van der Waals surface area contributed by atoms with Gasteiger partial charge in [0.25, 0.3) is 0 Å². The number of nitrogens with zero attached hydrogens (tertiary/aromatic N) is 6.